The van der Waals surface area contributed by atoms with E-state index in [0.29, 0.717) is 30.3 Å². The van der Waals surface area contributed by atoms with Crippen molar-refractivity contribution in [1.82, 2.24) is 5.32 Å². The maximum Gasteiger partial charge on any atom is 0.317 e. The molecular weight excluding hydrogens is 378 g/mol. The van der Waals surface area contributed by atoms with Gasteiger partial charge in [0.2, 0.25) is 6.10 Å². The molecule has 0 aromatic heterocycles. The summed E-state index contributed by atoms with van der Waals surface area (Å²) in [7, 11) is 0. The molecule has 0 bridgehead atoms. The summed E-state index contributed by atoms with van der Waals surface area (Å²) in [5.41, 5.74) is 0.665. The number of benzene rings is 2. The Kier molecular flexibility index (Phi) is 5.71. The predicted molar refractivity (Wildman–Crippen MR) is 105 cm³/mol. The van der Waals surface area contributed by atoms with Gasteiger partial charge in [-0.15, -0.1) is 11.8 Å². The highest BCUT2D eigenvalue weighted by atomic mass is 32.2. The van der Waals surface area contributed by atoms with Gasteiger partial charge >= 0.3 is 5.97 Å². The Balaban J connectivity index is 1.38. The summed E-state index contributed by atoms with van der Waals surface area (Å²) in [4.78, 5) is 25.8. The number of fused-ring (bicyclic) bond motifs is 1. The first kappa shape index (κ1) is 18.7. The van der Waals surface area contributed by atoms with Gasteiger partial charge in [0.05, 0.1) is 5.75 Å². The Morgan fingerprint density at radius 2 is 1.82 bits per heavy atom. The fraction of sp³-hybridized carbons (Fsp3) is 0.333. The second-order valence-corrected chi connectivity index (χ2v) is 7.71. The Morgan fingerprint density at radius 1 is 1.07 bits per heavy atom. The van der Waals surface area contributed by atoms with Crippen LogP contribution in [0.2, 0.25) is 0 Å². The van der Waals surface area contributed by atoms with Crippen molar-refractivity contribution in [2.24, 2.45) is 0 Å². The average molecular weight is 399 g/mol. The van der Waals surface area contributed by atoms with Crippen molar-refractivity contribution in [3.63, 3.8) is 0 Å². The number of nitrogens with one attached hydrogen (secondary N) is 1. The molecule has 0 unspecified atom stereocenters. The number of amides is 1. The molecule has 1 amide bonds. The molecule has 0 radical (unpaired) electrons. The highest BCUT2D eigenvalue weighted by molar-refractivity contribution is 8.00. The lowest BCUT2D eigenvalue weighted by Crippen LogP contribution is -2.33. The van der Waals surface area contributed by atoms with Gasteiger partial charge in [-0.2, -0.15) is 0 Å². The van der Waals surface area contributed by atoms with Crippen LogP contribution in [0, 0.1) is 0 Å². The molecule has 1 heterocycles. The van der Waals surface area contributed by atoms with Crippen LogP contribution >= 0.6 is 11.8 Å². The number of hydrogen-bond donors (Lipinski definition) is 1. The molecule has 28 heavy (non-hydrogen) atoms. The SMILES string of the molecule is O=C(CSc1ccc2c(c1)OCCO2)O[C@H](C(=O)NC1CC1)c1ccccc1. The zero-order chi connectivity index (χ0) is 19.3. The van der Waals surface area contributed by atoms with Gasteiger partial charge in [0.25, 0.3) is 5.91 Å². The molecule has 4 rings (SSSR count). The first-order chi connectivity index (χ1) is 13.7. The van der Waals surface area contributed by atoms with E-state index in [1.54, 1.807) is 12.1 Å². The van der Waals surface area contributed by atoms with Crippen LogP contribution in [0.1, 0.15) is 24.5 Å². The molecule has 2 aromatic carbocycles. The number of esters is 1. The maximum absolute atomic E-state index is 12.5. The zero-order valence-corrected chi connectivity index (χ0v) is 16.1. The molecule has 146 valence electrons. The number of carbonyl (C=O) groups excluding carboxylic acids is 2. The van der Waals surface area contributed by atoms with E-state index >= 15 is 0 Å². The van der Waals surface area contributed by atoms with Crippen molar-refractivity contribution in [1.29, 1.82) is 0 Å². The first-order valence-corrected chi connectivity index (χ1v) is 10.2. The van der Waals surface area contributed by atoms with E-state index < -0.39 is 12.1 Å². The van der Waals surface area contributed by atoms with Crippen LogP contribution < -0.4 is 14.8 Å². The number of ether oxygens (including phenoxy) is 3. The molecule has 0 saturated heterocycles. The Labute approximate surface area is 167 Å². The number of rotatable bonds is 7. The average Bonchev–Trinajstić information content (AvgIpc) is 3.55. The molecule has 1 atom stereocenters. The van der Waals surface area contributed by atoms with Crippen molar-refractivity contribution in [3.8, 4) is 11.5 Å². The summed E-state index contributed by atoms with van der Waals surface area (Å²) in [6.45, 7) is 1.05. The van der Waals surface area contributed by atoms with Gasteiger partial charge in [0.15, 0.2) is 11.5 Å². The molecule has 1 aliphatic carbocycles. The third-order valence-electron chi connectivity index (χ3n) is 4.38. The van der Waals surface area contributed by atoms with Gasteiger partial charge in [-0.1, -0.05) is 30.3 Å². The monoisotopic (exact) mass is 399 g/mol. The predicted octanol–water partition coefficient (Wildman–Crippen LogP) is 3.11. The van der Waals surface area contributed by atoms with Crippen molar-refractivity contribution in [2.75, 3.05) is 19.0 Å². The van der Waals surface area contributed by atoms with Gasteiger partial charge in [-0.25, -0.2) is 0 Å². The third-order valence-corrected chi connectivity index (χ3v) is 5.35. The minimum atomic E-state index is -0.935. The lowest BCUT2D eigenvalue weighted by molar-refractivity contribution is -0.154. The molecule has 1 aliphatic heterocycles. The van der Waals surface area contributed by atoms with Gasteiger partial charge in [0.1, 0.15) is 13.2 Å². The van der Waals surface area contributed by atoms with Crippen LogP contribution in [-0.4, -0.2) is 36.9 Å². The summed E-state index contributed by atoms with van der Waals surface area (Å²) in [6.07, 6.45) is 1.01. The van der Waals surface area contributed by atoms with Crippen molar-refractivity contribution in [3.05, 3.63) is 54.1 Å². The highest BCUT2D eigenvalue weighted by Crippen LogP contribution is 2.34. The lowest BCUT2D eigenvalue weighted by Gasteiger charge is -2.19. The fourth-order valence-electron chi connectivity index (χ4n) is 2.83. The molecule has 1 N–H and O–H groups in total. The summed E-state index contributed by atoms with van der Waals surface area (Å²) >= 11 is 1.33. The normalized spacial score (nSPS) is 16.1. The van der Waals surface area contributed by atoms with Crippen molar-refractivity contribution < 1.29 is 23.8 Å². The molecule has 2 aromatic rings. The molecule has 6 nitrogen and oxygen atoms in total. The second-order valence-electron chi connectivity index (χ2n) is 6.66. The second kappa shape index (κ2) is 8.56. The van der Waals surface area contributed by atoms with Crippen LogP contribution in [0.4, 0.5) is 0 Å². The Hall–Kier alpha value is -2.67. The third kappa shape index (κ3) is 4.78. The van der Waals surface area contributed by atoms with E-state index in [9.17, 15) is 9.59 Å². The summed E-state index contributed by atoms with van der Waals surface area (Å²) in [5, 5.41) is 2.91. The molecule has 7 heteroatoms. The number of thioether (sulfide) groups is 1. The molecule has 1 saturated carbocycles. The minimum Gasteiger partial charge on any atom is -0.486 e. The minimum absolute atomic E-state index is 0.0969. The number of hydrogen-bond acceptors (Lipinski definition) is 6. The Bertz CT molecular complexity index is 853. The van der Waals surface area contributed by atoms with E-state index in [4.69, 9.17) is 14.2 Å². The number of carbonyl (C=O) groups is 2. The zero-order valence-electron chi connectivity index (χ0n) is 15.3. The van der Waals surface area contributed by atoms with Crippen molar-refractivity contribution in [2.45, 2.75) is 29.9 Å². The van der Waals surface area contributed by atoms with Gasteiger partial charge in [-0.3, -0.25) is 9.59 Å². The molecular formula is C21H21NO5S. The van der Waals surface area contributed by atoms with Gasteiger partial charge in [-0.05, 0) is 31.0 Å². The Morgan fingerprint density at radius 3 is 2.57 bits per heavy atom. The molecule has 1 fully saturated rings. The van der Waals surface area contributed by atoms with Crippen LogP contribution in [0.3, 0.4) is 0 Å². The van der Waals surface area contributed by atoms with Crippen LogP contribution in [0.15, 0.2) is 53.4 Å². The molecule has 2 aliphatic rings. The van der Waals surface area contributed by atoms with E-state index in [0.717, 1.165) is 17.7 Å². The van der Waals surface area contributed by atoms with Crippen molar-refractivity contribution >= 4 is 23.6 Å². The summed E-state index contributed by atoms with van der Waals surface area (Å²) in [5.74, 6) is 0.764. The van der Waals surface area contributed by atoms with Crippen LogP contribution in [-0.2, 0) is 14.3 Å². The first-order valence-electron chi connectivity index (χ1n) is 9.26. The van der Waals surface area contributed by atoms with E-state index in [1.165, 1.54) is 11.8 Å². The smallest absolute Gasteiger partial charge is 0.317 e. The summed E-state index contributed by atoms with van der Waals surface area (Å²) in [6, 6.07) is 14.8. The fourth-order valence-corrected chi connectivity index (χ4v) is 3.53. The van der Waals surface area contributed by atoms with Gasteiger partial charge in [0, 0.05) is 16.5 Å². The van der Waals surface area contributed by atoms with Gasteiger partial charge < -0.3 is 19.5 Å². The maximum atomic E-state index is 12.5. The quantitative estimate of drug-likeness (QED) is 0.570. The standard InChI is InChI=1S/C21H21NO5S/c23-19(13-28-16-8-9-17-18(12-16)26-11-10-25-17)27-20(14-4-2-1-3-5-14)21(24)22-15-6-7-15/h1-5,8-9,12,15,20H,6-7,10-11,13H2,(H,22,24)/t20-/m0/s1. The summed E-state index contributed by atoms with van der Waals surface area (Å²) < 4.78 is 16.6. The van der Waals surface area contributed by atoms with Crippen LogP contribution in [0.25, 0.3) is 0 Å². The topological polar surface area (TPSA) is 73.9 Å². The largest absolute Gasteiger partial charge is 0.486 e. The highest BCUT2D eigenvalue weighted by Gasteiger charge is 2.30. The van der Waals surface area contributed by atoms with E-state index in [-0.39, 0.29) is 17.7 Å². The molecule has 0 spiro atoms. The van der Waals surface area contributed by atoms with Crippen LogP contribution in [0.5, 0.6) is 11.5 Å². The van der Waals surface area contributed by atoms with E-state index in [2.05, 4.69) is 5.32 Å². The lowest BCUT2D eigenvalue weighted by atomic mass is 10.1. The van der Waals surface area contributed by atoms with E-state index in [1.807, 2.05) is 36.4 Å².